The van der Waals surface area contributed by atoms with E-state index >= 15 is 0 Å². The molecule has 0 radical (unpaired) electrons. The topological polar surface area (TPSA) is 18.5 Å². The summed E-state index contributed by atoms with van der Waals surface area (Å²) in [6.45, 7) is 0. The van der Waals surface area contributed by atoms with Gasteiger partial charge in [0.05, 0.1) is 14.2 Å². The number of rotatable bonds is 5. The molecule has 0 amide bonds. The van der Waals surface area contributed by atoms with Gasteiger partial charge in [0.15, 0.2) is 0 Å². The summed E-state index contributed by atoms with van der Waals surface area (Å²) in [5.41, 5.74) is 1.89. The summed E-state index contributed by atoms with van der Waals surface area (Å²) in [5.74, 6) is 1.43. The van der Waals surface area contributed by atoms with E-state index in [0.29, 0.717) is 27.2 Å². The third kappa shape index (κ3) is 3.97. The highest BCUT2D eigenvalue weighted by molar-refractivity contribution is 6.36. The van der Waals surface area contributed by atoms with Crippen molar-refractivity contribution in [1.29, 1.82) is 0 Å². The summed E-state index contributed by atoms with van der Waals surface area (Å²) in [4.78, 5) is 0. The second kappa shape index (κ2) is 7.26. The maximum atomic E-state index is 6.26. The van der Waals surface area contributed by atoms with E-state index in [1.54, 1.807) is 26.4 Å². The summed E-state index contributed by atoms with van der Waals surface area (Å²) >= 11 is 18.7. The first-order valence-electron chi connectivity index (χ1n) is 6.39. The minimum Gasteiger partial charge on any atom is -0.497 e. The van der Waals surface area contributed by atoms with E-state index in [0.717, 1.165) is 23.3 Å². The predicted molar refractivity (Wildman–Crippen MR) is 88.4 cm³/mol. The molecule has 0 fully saturated rings. The van der Waals surface area contributed by atoms with Crippen LogP contribution in [0.3, 0.4) is 0 Å². The lowest BCUT2D eigenvalue weighted by atomic mass is 10.0. The van der Waals surface area contributed by atoms with Gasteiger partial charge in [-0.25, -0.2) is 0 Å². The van der Waals surface area contributed by atoms with Gasteiger partial charge in [-0.05, 0) is 54.3 Å². The van der Waals surface area contributed by atoms with Crippen molar-refractivity contribution in [3.8, 4) is 11.5 Å². The number of hydrogen-bond acceptors (Lipinski definition) is 2. The van der Waals surface area contributed by atoms with Crippen molar-refractivity contribution in [1.82, 2.24) is 0 Å². The minimum atomic E-state index is 0.596. The molecule has 0 saturated heterocycles. The summed E-state index contributed by atoms with van der Waals surface area (Å²) in [6, 6.07) is 9.10. The maximum Gasteiger partial charge on any atom is 0.121 e. The molecule has 112 valence electrons. The van der Waals surface area contributed by atoms with Crippen molar-refractivity contribution >= 4 is 34.8 Å². The highest BCUT2D eigenvalue weighted by Gasteiger charge is 2.10. The summed E-state index contributed by atoms with van der Waals surface area (Å²) in [6.07, 6.45) is 1.41. The van der Waals surface area contributed by atoms with E-state index < -0.39 is 0 Å². The molecule has 0 aliphatic heterocycles. The molecule has 0 aliphatic carbocycles. The van der Waals surface area contributed by atoms with Gasteiger partial charge in [0.2, 0.25) is 0 Å². The van der Waals surface area contributed by atoms with E-state index in [9.17, 15) is 0 Å². The molecule has 2 aromatic rings. The summed E-state index contributed by atoms with van der Waals surface area (Å²) in [5, 5.41) is 1.90. The largest absolute Gasteiger partial charge is 0.497 e. The molecule has 0 bridgehead atoms. The number of benzene rings is 2. The van der Waals surface area contributed by atoms with Crippen molar-refractivity contribution < 1.29 is 9.47 Å². The van der Waals surface area contributed by atoms with Crippen LogP contribution in [0.1, 0.15) is 11.1 Å². The minimum absolute atomic E-state index is 0.596. The zero-order chi connectivity index (χ0) is 15.4. The van der Waals surface area contributed by atoms with Gasteiger partial charge < -0.3 is 9.47 Å². The van der Waals surface area contributed by atoms with Crippen LogP contribution in [0.15, 0.2) is 30.3 Å². The lowest BCUT2D eigenvalue weighted by Crippen LogP contribution is -1.96. The molecule has 0 atom stereocenters. The molecule has 0 spiro atoms. The van der Waals surface area contributed by atoms with E-state index in [1.165, 1.54) is 0 Å². The van der Waals surface area contributed by atoms with Crippen LogP contribution in [0.4, 0.5) is 0 Å². The average molecular weight is 346 g/mol. The fourth-order valence-electron chi connectivity index (χ4n) is 2.07. The fourth-order valence-corrected chi connectivity index (χ4v) is 2.93. The number of aryl methyl sites for hydroxylation is 1. The van der Waals surface area contributed by atoms with Gasteiger partial charge in [0.25, 0.3) is 0 Å². The molecule has 2 rings (SSSR count). The van der Waals surface area contributed by atoms with Gasteiger partial charge in [0, 0.05) is 15.1 Å². The lowest BCUT2D eigenvalue weighted by Gasteiger charge is -2.11. The molecule has 0 unspecified atom stereocenters. The van der Waals surface area contributed by atoms with Crippen LogP contribution in [-0.2, 0) is 12.8 Å². The Labute approximate surface area is 139 Å². The molecule has 2 aromatic carbocycles. The first-order valence-corrected chi connectivity index (χ1v) is 7.53. The van der Waals surface area contributed by atoms with Crippen molar-refractivity contribution in [2.24, 2.45) is 0 Å². The Balaban J connectivity index is 2.20. The molecule has 0 aliphatic rings. The number of hydrogen-bond donors (Lipinski definition) is 0. The molecule has 0 saturated carbocycles. The van der Waals surface area contributed by atoms with Crippen molar-refractivity contribution in [3.63, 3.8) is 0 Å². The molecule has 2 nitrogen and oxygen atoms in total. The Morgan fingerprint density at radius 1 is 0.762 bits per heavy atom. The average Bonchev–Trinajstić information content (AvgIpc) is 2.47. The molecule has 0 aromatic heterocycles. The van der Waals surface area contributed by atoms with Gasteiger partial charge in [0.1, 0.15) is 11.5 Å². The summed E-state index contributed by atoms with van der Waals surface area (Å²) in [7, 11) is 3.21. The smallest absolute Gasteiger partial charge is 0.121 e. The monoisotopic (exact) mass is 344 g/mol. The van der Waals surface area contributed by atoms with Gasteiger partial charge in [-0.15, -0.1) is 0 Å². The molecule has 0 heterocycles. The van der Waals surface area contributed by atoms with Gasteiger partial charge in [-0.2, -0.15) is 0 Å². The van der Waals surface area contributed by atoms with E-state index in [4.69, 9.17) is 44.3 Å². The highest BCUT2D eigenvalue weighted by Crippen LogP contribution is 2.32. The quantitative estimate of drug-likeness (QED) is 0.717. The van der Waals surface area contributed by atoms with Crippen LogP contribution in [0.2, 0.25) is 15.1 Å². The van der Waals surface area contributed by atoms with Crippen molar-refractivity contribution in [2.45, 2.75) is 12.8 Å². The Hall–Kier alpha value is -1.09. The van der Waals surface area contributed by atoms with Crippen molar-refractivity contribution in [3.05, 3.63) is 56.5 Å². The Kier molecular flexibility index (Phi) is 5.63. The van der Waals surface area contributed by atoms with E-state index in [2.05, 4.69) is 0 Å². The van der Waals surface area contributed by atoms with Crippen molar-refractivity contribution in [2.75, 3.05) is 14.2 Å². The third-order valence-corrected chi connectivity index (χ3v) is 4.29. The lowest BCUT2D eigenvalue weighted by molar-refractivity contribution is 0.414. The molecule has 5 heteroatoms. The standard InChI is InChI=1S/C16H15Cl3O2/c1-20-11-4-6-14(17)10(7-11)3-5-13-15(18)8-12(21-2)9-16(13)19/h4,6-9H,3,5H2,1-2H3. The summed E-state index contributed by atoms with van der Waals surface area (Å²) < 4.78 is 10.3. The predicted octanol–water partition coefficient (Wildman–Crippen LogP) is 5.45. The number of halogens is 3. The van der Waals surface area contributed by atoms with Crippen LogP contribution < -0.4 is 9.47 Å². The zero-order valence-corrected chi connectivity index (χ0v) is 14.0. The van der Waals surface area contributed by atoms with Gasteiger partial charge in [-0.1, -0.05) is 34.8 Å². The Morgan fingerprint density at radius 2 is 1.38 bits per heavy atom. The van der Waals surface area contributed by atoms with Crippen LogP contribution in [0.25, 0.3) is 0 Å². The second-order valence-electron chi connectivity index (χ2n) is 4.53. The van der Waals surface area contributed by atoms with Crippen LogP contribution in [0.5, 0.6) is 11.5 Å². The first kappa shape index (κ1) is 16.3. The van der Waals surface area contributed by atoms with Gasteiger partial charge >= 0.3 is 0 Å². The van der Waals surface area contributed by atoms with Crippen LogP contribution in [-0.4, -0.2) is 14.2 Å². The first-order chi connectivity index (χ1) is 10.0. The molecular weight excluding hydrogens is 331 g/mol. The number of ether oxygens (including phenoxy) is 2. The van der Waals surface area contributed by atoms with E-state index in [1.807, 2.05) is 18.2 Å². The highest BCUT2D eigenvalue weighted by atomic mass is 35.5. The normalized spacial score (nSPS) is 10.5. The molecular formula is C16H15Cl3O2. The third-order valence-electron chi connectivity index (χ3n) is 3.25. The Morgan fingerprint density at radius 3 is 1.95 bits per heavy atom. The fraction of sp³-hybridized carbons (Fsp3) is 0.250. The molecule has 0 N–H and O–H groups in total. The van der Waals surface area contributed by atoms with Crippen LogP contribution in [0, 0.1) is 0 Å². The van der Waals surface area contributed by atoms with Crippen LogP contribution >= 0.6 is 34.8 Å². The maximum absolute atomic E-state index is 6.26. The SMILES string of the molecule is COc1cc(Cl)c(CCc2cc(OC)ccc2Cl)c(Cl)c1. The van der Waals surface area contributed by atoms with Gasteiger partial charge in [-0.3, -0.25) is 0 Å². The zero-order valence-electron chi connectivity index (χ0n) is 11.8. The number of methoxy groups -OCH3 is 2. The van der Waals surface area contributed by atoms with E-state index in [-0.39, 0.29) is 0 Å². The second-order valence-corrected chi connectivity index (χ2v) is 5.75. The Bertz CT molecular complexity index is 618. The molecule has 21 heavy (non-hydrogen) atoms.